The van der Waals surface area contributed by atoms with E-state index in [0.717, 1.165) is 55.5 Å². The molecule has 25 heavy (non-hydrogen) atoms. The Morgan fingerprint density at radius 3 is 2.64 bits per heavy atom. The average Bonchev–Trinajstić information content (AvgIpc) is 3.19. The molecular weight excluding hydrogens is 429 g/mol. The fourth-order valence-corrected chi connectivity index (χ4v) is 3.82. The molecule has 0 amide bonds. The largest absolute Gasteiger partial charge is 0.507 e. The van der Waals surface area contributed by atoms with E-state index in [4.69, 9.17) is 9.73 Å². The summed E-state index contributed by atoms with van der Waals surface area (Å²) in [5.41, 5.74) is 3.29. The second kappa shape index (κ2) is 8.58. The number of rotatable bonds is 3. The minimum atomic E-state index is 0. The van der Waals surface area contributed by atoms with Gasteiger partial charge in [-0.2, -0.15) is 0 Å². The molecule has 1 unspecified atom stereocenters. The normalized spacial score (nSPS) is 23.2. The fourth-order valence-electron chi connectivity index (χ4n) is 3.82. The van der Waals surface area contributed by atoms with Crippen LogP contribution < -0.4 is 5.32 Å². The summed E-state index contributed by atoms with van der Waals surface area (Å²) in [5.74, 6) is 1.38. The third kappa shape index (κ3) is 4.58. The van der Waals surface area contributed by atoms with Crippen LogP contribution in [0.15, 0.2) is 17.1 Å². The first-order chi connectivity index (χ1) is 11.5. The number of phenolic OH excluding ortho intramolecular Hbond substituents is 1. The van der Waals surface area contributed by atoms with Crippen molar-refractivity contribution in [3.05, 3.63) is 28.8 Å². The first kappa shape index (κ1) is 20.3. The molecule has 2 aliphatic heterocycles. The van der Waals surface area contributed by atoms with Crippen molar-refractivity contribution in [1.29, 1.82) is 0 Å². The van der Waals surface area contributed by atoms with Crippen molar-refractivity contribution in [2.75, 3.05) is 32.8 Å². The van der Waals surface area contributed by atoms with Crippen molar-refractivity contribution in [2.45, 2.75) is 40.2 Å². The van der Waals surface area contributed by atoms with Crippen molar-refractivity contribution >= 4 is 29.9 Å². The Balaban J connectivity index is 0.00000225. The Kier molecular flexibility index (Phi) is 6.96. The molecule has 1 aromatic carbocycles. The van der Waals surface area contributed by atoms with Gasteiger partial charge < -0.3 is 20.1 Å². The van der Waals surface area contributed by atoms with Gasteiger partial charge in [-0.15, -0.1) is 24.0 Å². The van der Waals surface area contributed by atoms with Crippen LogP contribution in [-0.4, -0.2) is 48.8 Å². The molecule has 0 radical (unpaired) electrons. The molecule has 0 aliphatic carbocycles. The van der Waals surface area contributed by atoms with E-state index in [1.54, 1.807) is 0 Å². The summed E-state index contributed by atoms with van der Waals surface area (Å²) in [7, 11) is 0. The van der Waals surface area contributed by atoms with Gasteiger partial charge in [-0.1, -0.05) is 12.1 Å². The maximum absolute atomic E-state index is 9.91. The second-order valence-corrected chi connectivity index (χ2v) is 7.22. The number of aromatic hydroxyl groups is 1. The summed E-state index contributed by atoms with van der Waals surface area (Å²) >= 11 is 0. The van der Waals surface area contributed by atoms with Crippen LogP contribution in [-0.2, 0) is 11.3 Å². The SMILES string of the molecule is CCNC(=NCc1cc(C)c(O)c(C)c1)N1CCC2(CCOC2)C1.I. The van der Waals surface area contributed by atoms with Crippen LogP contribution in [0.1, 0.15) is 36.5 Å². The molecule has 1 atom stereocenters. The number of aliphatic imine (C=N–C) groups is 1. The number of nitrogens with zero attached hydrogens (tertiary/aromatic N) is 2. The maximum atomic E-state index is 9.91. The first-order valence-electron chi connectivity index (χ1n) is 8.93. The third-order valence-corrected chi connectivity index (χ3v) is 5.22. The van der Waals surface area contributed by atoms with Gasteiger partial charge in [0.15, 0.2) is 5.96 Å². The lowest BCUT2D eigenvalue weighted by atomic mass is 9.87. The van der Waals surface area contributed by atoms with E-state index in [1.807, 2.05) is 26.0 Å². The van der Waals surface area contributed by atoms with Crippen molar-refractivity contribution < 1.29 is 9.84 Å². The molecule has 5 nitrogen and oxygen atoms in total. The summed E-state index contributed by atoms with van der Waals surface area (Å²) in [6, 6.07) is 4.04. The van der Waals surface area contributed by atoms with Crippen molar-refractivity contribution in [2.24, 2.45) is 10.4 Å². The van der Waals surface area contributed by atoms with Gasteiger partial charge in [-0.3, -0.25) is 0 Å². The molecule has 0 saturated carbocycles. The Labute approximate surface area is 167 Å². The van der Waals surface area contributed by atoms with Crippen molar-refractivity contribution in [3.63, 3.8) is 0 Å². The van der Waals surface area contributed by atoms with E-state index in [1.165, 1.54) is 12.8 Å². The lowest BCUT2D eigenvalue weighted by Crippen LogP contribution is -2.41. The van der Waals surface area contributed by atoms with Crippen LogP contribution in [0.4, 0.5) is 0 Å². The topological polar surface area (TPSA) is 57.1 Å². The van der Waals surface area contributed by atoms with Crippen LogP contribution in [0.3, 0.4) is 0 Å². The number of ether oxygens (including phenoxy) is 1. The van der Waals surface area contributed by atoms with Crippen LogP contribution >= 0.6 is 24.0 Å². The molecule has 0 bridgehead atoms. The highest BCUT2D eigenvalue weighted by Gasteiger charge is 2.42. The van der Waals surface area contributed by atoms with E-state index >= 15 is 0 Å². The van der Waals surface area contributed by atoms with Gasteiger partial charge in [0.2, 0.25) is 0 Å². The summed E-state index contributed by atoms with van der Waals surface area (Å²) in [5, 5.41) is 13.3. The predicted octanol–water partition coefficient (Wildman–Crippen LogP) is 3.20. The van der Waals surface area contributed by atoms with Crippen LogP contribution in [0, 0.1) is 19.3 Å². The second-order valence-electron chi connectivity index (χ2n) is 7.22. The van der Waals surface area contributed by atoms with Gasteiger partial charge in [0.05, 0.1) is 13.2 Å². The number of nitrogens with one attached hydrogen (secondary N) is 1. The van der Waals surface area contributed by atoms with Gasteiger partial charge in [0.25, 0.3) is 0 Å². The summed E-state index contributed by atoms with van der Waals surface area (Å²) < 4.78 is 5.63. The Morgan fingerprint density at radius 2 is 2.04 bits per heavy atom. The van der Waals surface area contributed by atoms with E-state index in [2.05, 4.69) is 17.1 Å². The molecule has 2 fully saturated rings. The molecule has 0 aromatic heterocycles. The molecule has 2 saturated heterocycles. The van der Waals surface area contributed by atoms with Crippen LogP contribution in [0.2, 0.25) is 0 Å². The van der Waals surface area contributed by atoms with E-state index in [-0.39, 0.29) is 24.0 Å². The van der Waals surface area contributed by atoms with E-state index < -0.39 is 0 Å². The Hall–Kier alpha value is -1.02. The quantitative estimate of drug-likeness (QED) is 0.414. The highest BCUT2D eigenvalue weighted by molar-refractivity contribution is 14.0. The molecule has 1 spiro atoms. The van der Waals surface area contributed by atoms with Gasteiger partial charge in [-0.25, -0.2) is 4.99 Å². The number of phenols is 1. The zero-order valence-corrected chi connectivity index (χ0v) is 17.8. The molecule has 1 aromatic rings. The van der Waals surface area contributed by atoms with E-state index in [9.17, 15) is 5.11 Å². The summed E-state index contributed by atoms with van der Waals surface area (Å²) in [6.45, 7) is 11.3. The molecular formula is C19H30IN3O2. The molecule has 2 N–H and O–H groups in total. The lowest BCUT2D eigenvalue weighted by molar-refractivity contribution is 0.156. The molecule has 140 valence electrons. The van der Waals surface area contributed by atoms with Gasteiger partial charge in [0.1, 0.15) is 5.75 Å². The minimum absolute atomic E-state index is 0. The number of hydrogen-bond acceptors (Lipinski definition) is 3. The highest BCUT2D eigenvalue weighted by Crippen LogP contribution is 2.38. The van der Waals surface area contributed by atoms with Crippen molar-refractivity contribution in [3.8, 4) is 5.75 Å². The monoisotopic (exact) mass is 459 g/mol. The van der Waals surface area contributed by atoms with Crippen molar-refractivity contribution in [1.82, 2.24) is 10.2 Å². The maximum Gasteiger partial charge on any atom is 0.194 e. The Morgan fingerprint density at radius 1 is 1.32 bits per heavy atom. The number of hydrogen-bond donors (Lipinski definition) is 2. The van der Waals surface area contributed by atoms with Crippen LogP contribution in [0.5, 0.6) is 5.75 Å². The summed E-state index contributed by atoms with van der Waals surface area (Å²) in [4.78, 5) is 7.21. The smallest absolute Gasteiger partial charge is 0.194 e. The van der Waals surface area contributed by atoms with Crippen LogP contribution in [0.25, 0.3) is 0 Å². The Bertz CT molecular complexity index is 604. The molecule has 6 heteroatoms. The molecule has 3 rings (SSSR count). The fraction of sp³-hybridized carbons (Fsp3) is 0.632. The zero-order valence-electron chi connectivity index (χ0n) is 15.5. The number of guanidine groups is 1. The first-order valence-corrected chi connectivity index (χ1v) is 8.93. The highest BCUT2D eigenvalue weighted by atomic mass is 127. The average molecular weight is 459 g/mol. The zero-order chi connectivity index (χ0) is 17.2. The van der Waals surface area contributed by atoms with Gasteiger partial charge in [-0.05, 0) is 50.3 Å². The number of benzene rings is 1. The predicted molar refractivity (Wildman–Crippen MR) is 112 cm³/mol. The number of likely N-dealkylation sites (tertiary alicyclic amines) is 1. The van der Waals surface area contributed by atoms with E-state index in [0.29, 0.717) is 17.7 Å². The number of aryl methyl sites for hydroxylation is 2. The standard InChI is InChI=1S/C19H29N3O2.HI/c1-4-20-18(22-7-5-19(12-22)6-8-24-13-19)21-11-16-9-14(2)17(23)15(3)10-16;/h9-10,23H,4-8,11-13H2,1-3H3,(H,20,21);1H. The lowest BCUT2D eigenvalue weighted by Gasteiger charge is -2.25. The van der Waals surface area contributed by atoms with Gasteiger partial charge in [0, 0.05) is 31.7 Å². The van der Waals surface area contributed by atoms with Gasteiger partial charge >= 0.3 is 0 Å². The molecule has 2 aliphatic rings. The molecule has 2 heterocycles. The minimum Gasteiger partial charge on any atom is -0.507 e. The number of halogens is 1. The summed E-state index contributed by atoms with van der Waals surface area (Å²) in [6.07, 6.45) is 2.36. The third-order valence-electron chi connectivity index (χ3n) is 5.22.